The number of halogens is 1. The van der Waals surface area contributed by atoms with E-state index in [2.05, 4.69) is 15.9 Å². The third kappa shape index (κ3) is 4.77. The maximum absolute atomic E-state index is 11.5. The van der Waals surface area contributed by atoms with Crippen LogP contribution in [0.25, 0.3) is 0 Å². The van der Waals surface area contributed by atoms with Gasteiger partial charge in [0.05, 0.1) is 12.4 Å². The van der Waals surface area contributed by atoms with Crippen molar-refractivity contribution in [1.82, 2.24) is 0 Å². The lowest BCUT2D eigenvalue weighted by Gasteiger charge is -2.12. The molecule has 1 aromatic carbocycles. The molecule has 0 aliphatic carbocycles. The van der Waals surface area contributed by atoms with Gasteiger partial charge in [-0.2, -0.15) is 8.42 Å². The molecule has 0 aromatic heterocycles. The minimum atomic E-state index is -3.40. The molecule has 0 N–H and O–H groups in total. The average Bonchev–Trinajstić information content (AvgIpc) is 2.28. The van der Waals surface area contributed by atoms with Gasteiger partial charge < -0.3 is 0 Å². The van der Waals surface area contributed by atoms with Crippen molar-refractivity contribution in [3.63, 3.8) is 0 Å². The zero-order valence-electron chi connectivity index (χ0n) is 10.0. The van der Waals surface area contributed by atoms with E-state index in [-0.39, 0.29) is 18.3 Å². The van der Waals surface area contributed by atoms with Gasteiger partial charge in [0.1, 0.15) is 0 Å². The molecule has 0 aliphatic rings. The molecule has 3 nitrogen and oxygen atoms in total. The molecule has 5 heteroatoms. The van der Waals surface area contributed by atoms with Crippen LogP contribution in [0.3, 0.4) is 0 Å². The van der Waals surface area contributed by atoms with E-state index >= 15 is 0 Å². The summed E-state index contributed by atoms with van der Waals surface area (Å²) in [6, 6.07) is 7.91. The highest BCUT2D eigenvalue weighted by Crippen LogP contribution is 2.19. The first-order valence-corrected chi connectivity index (χ1v) is 8.20. The van der Waals surface area contributed by atoms with E-state index in [1.54, 1.807) is 6.92 Å². The number of hydrogen-bond acceptors (Lipinski definition) is 3. The second-order valence-electron chi connectivity index (χ2n) is 3.91. The van der Waals surface area contributed by atoms with Crippen LogP contribution >= 0.6 is 15.9 Å². The molecule has 17 heavy (non-hydrogen) atoms. The Hall–Kier alpha value is -0.390. The van der Waals surface area contributed by atoms with Crippen LogP contribution in [0.2, 0.25) is 0 Å². The fraction of sp³-hybridized carbons (Fsp3) is 0.500. The highest BCUT2D eigenvalue weighted by molar-refractivity contribution is 9.08. The molecule has 1 atom stereocenters. The Morgan fingerprint density at radius 2 is 1.88 bits per heavy atom. The van der Waals surface area contributed by atoms with Crippen molar-refractivity contribution in [2.45, 2.75) is 25.1 Å². The van der Waals surface area contributed by atoms with Crippen LogP contribution in [-0.4, -0.2) is 20.8 Å². The predicted molar refractivity (Wildman–Crippen MR) is 72.9 cm³/mol. The smallest absolute Gasteiger partial charge is 0.267 e. The first-order valence-electron chi connectivity index (χ1n) is 5.50. The number of alkyl halides is 1. The summed E-state index contributed by atoms with van der Waals surface area (Å²) in [6.07, 6.45) is 0. The first-order chi connectivity index (χ1) is 7.98. The fourth-order valence-electron chi connectivity index (χ4n) is 1.57. The molecule has 0 fully saturated rings. The standard InChI is InChI=1S/C12H17BrO3S/c1-3-16-17(14,15)9-10(2)12-6-4-11(8-13)5-7-12/h4-7,10H,3,8-9H2,1-2H3. The van der Waals surface area contributed by atoms with E-state index in [9.17, 15) is 8.42 Å². The molecule has 0 bridgehead atoms. The number of benzene rings is 1. The first kappa shape index (κ1) is 14.7. The summed E-state index contributed by atoms with van der Waals surface area (Å²) < 4.78 is 27.7. The molecular weight excluding hydrogens is 304 g/mol. The van der Waals surface area contributed by atoms with Crippen molar-refractivity contribution >= 4 is 26.0 Å². The van der Waals surface area contributed by atoms with Crippen LogP contribution < -0.4 is 0 Å². The summed E-state index contributed by atoms with van der Waals surface area (Å²) in [6.45, 7) is 3.75. The molecule has 0 aliphatic heterocycles. The van der Waals surface area contributed by atoms with E-state index in [1.807, 2.05) is 31.2 Å². The van der Waals surface area contributed by atoms with E-state index in [4.69, 9.17) is 4.18 Å². The van der Waals surface area contributed by atoms with Gasteiger partial charge in [-0.1, -0.05) is 47.1 Å². The van der Waals surface area contributed by atoms with Gasteiger partial charge in [-0.05, 0) is 24.0 Å². The molecule has 96 valence electrons. The molecule has 1 aromatic rings. The van der Waals surface area contributed by atoms with Gasteiger partial charge in [0, 0.05) is 5.33 Å². The molecule has 0 heterocycles. The van der Waals surface area contributed by atoms with E-state index in [0.717, 1.165) is 10.9 Å². The Kier molecular flexibility index (Phi) is 5.62. The SMILES string of the molecule is CCOS(=O)(=O)CC(C)c1ccc(CBr)cc1. The minimum absolute atomic E-state index is 0.0223. The zero-order chi connectivity index (χ0) is 12.9. The van der Waals surface area contributed by atoms with E-state index in [0.29, 0.717) is 0 Å². The maximum Gasteiger partial charge on any atom is 0.267 e. The van der Waals surface area contributed by atoms with Crippen LogP contribution in [0.5, 0.6) is 0 Å². The lowest BCUT2D eigenvalue weighted by Crippen LogP contribution is -2.15. The van der Waals surface area contributed by atoms with Gasteiger partial charge in [-0.3, -0.25) is 4.18 Å². The van der Waals surface area contributed by atoms with Crippen LogP contribution in [0.4, 0.5) is 0 Å². The van der Waals surface area contributed by atoms with Gasteiger partial charge in [0.15, 0.2) is 0 Å². The molecule has 0 spiro atoms. The summed E-state index contributed by atoms with van der Waals surface area (Å²) in [4.78, 5) is 0. The molecule has 1 rings (SSSR count). The van der Waals surface area contributed by atoms with E-state index in [1.165, 1.54) is 5.56 Å². The van der Waals surface area contributed by atoms with E-state index < -0.39 is 10.1 Å². The van der Waals surface area contributed by atoms with Crippen molar-refractivity contribution in [3.05, 3.63) is 35.4 Å². The Labute approximate surface area is 111 Å². The zero-order valence-corrected chi connectivity index (χ0v) is 12.4. The summed E-state index contributed by atoms with van der Waals surface area (Å²) in [5.41, 5.74) is 2.19. The number of rotatable bonds is 6. The van der Waals surface area contributed by atoms with Gasteiger partial charge in [-0.25, -0.2) is 0 Å². The Morgan fingerprint density at radius 3 is 2.35 bits per heavy atom. The van der Waals surface area contributed by atoms with Crippen molar-refractivity contribution in [3.8, 4) is 0 Å². The Morgan fingerprint density at radius 1 is 1.29 bits per heavy atom. The highest BCUT2D eigenvalue weighted by Gasteiger charge is 2.17. The van der Waals surface area contributed by atoms with Gasteiger partial charge in [0.25, 0.3) is 10.1 Å². The monoisotopic (exact) mass is 320 g/mol. The van der Waals surface area contributed by atoms with Crippen molar-refractivity contribution in [1.29, 1.82) is 0 Å². The summed E-state index contributed by atoms with van der Waals surface area (Å²) >= 11 is 3.37. The maximum atomic E-state index is 11.5. The molecular formula is C12H17BrO3S. The molecule has 0 saturated carbocycles. The van der Waals surface area contributed by atoms with Crippen molar-refractivity contribution < 1.29 is 12.6 Å². The average molecular weight is 321 g/mol. The largest absolute Gasteiger partial charge is 0.270 e. The Bertz CT molecular complexity index is 439. The van der Waals surface area contributed by atoms with Crippen molar-refractivity contribution in [2.24, 2.45) is 0 Å². The molecule has 0 saturated heterocycles. The Balaban J connectivity index is 2.72. The molecule has 0 radical (unpaired) electrons. The second-order valence-corrected chi connectivity index (χ2v) is 6.15. The molecule has 0 amide bonds. The van der Waals surface area contributed by atoms with Gasteiger partial charge in [0.2, 0.25) is 0 Å². The normalized spacial score (nSPS) is 13.6. The van der Waals surface area contributed by atoms with Gasteiger partial charge in [-0.15, -0.1) is 0 Å². The van der Waals surface area contributed by atoms with Crippen LogP contribution in [0, 0.1) is 0 Å². The van der Waals surface area contributed by atoms with Crippen LogP contribution in [-0.2, 0) is 19.6 Å². The third-order valence-corrected chi connectivity index (χ3v) is 4.61. The summed E-state index contributed by atoms with van der Waals surface area (Å²) in [5, 5.41) is 0.804. The van der Waals surface area contributed by atoms with Crippen LogP contribution in [0.15, 0.2) is 24.3 Å². The quantitative estimate of drug-likeness (QED) is 0.597. The summed E-state index contributed by atoms with van der Waals surface area (Å²) in [5.74, 6) is -0.0370. The predicted octanol–water partition coefficient (Wildman–Crippen LogP) is 3.05. The number of hydrogen-bond donors (Lipinski definition) is 0. The van der Waals surface area contributed by atoms with Crippen molar-refractivity contribution in [2.75, 3.05) is 12.4 Å². The minimum Gasteiger partial charge on any atom is -0.270 e. The lowest BCUT2D eigenvalue weighted by molar-refractivity contribution is 0.336. The summed E-state index contributed by atoms with van der Waals surface area (Å²) in [7, 11) is -3.40. The highest BCUT2D eigenvalue weighted by atomic mass is 79.9. The second kappa shape index (κ2) is 6.52. The topological polar surface area (TPSA) is 43.4 Å². The van der Waals surface area contributed by atoms with Gasteiger partial charge >= 0.3 is 0 Å². The molecule has 1 unspecified atom stereocenters. The third-order valence-electron chi connectivity index (χ3n) is 2.45. The fourth-order valence-corrected chi connectivity index (χ4v) is 3.20. The van der Waals surface area contributed by atoms with Crippen LogP contribution in [0.1, 0.15) is 30.9 Å². The lowest BCUT2D eigenvalue weighted by atomic mass is 10.0.